The average Bonchev–Trinajstić information content (AvgIpc) is 3.48. The molecule has 0 saturated carbocycles. The van der Waals surface area contributed by atoms with Crippen molar-refractivity contribution in [1.82, 2.24) is 15.2 Å². The Morgan fingerprint density at radius 3 is 2.41 bits per heavy atom. The van der Waals surface area contributed by atoms with Gasteiger partial charge in [-0.1, -0.05) is 65.0 Å². The highest BCUT2D eigenvalue weighted by atomic mass is 19.3. The standard InChI is InChI=1S/C41H55F2N3O10/c1-10-30-40(7)35(45-39(51)56-40)23(4)31(47)22(3)33(52-17-13-14-26-19-27-15-11-12-16-28(27)44-20-26)24(5)34(25(6)36(49)41(42,43)38(50)54-30)55-37-32(48)29(46(8)9)18-21(2)53-37/h11-16,19-25,29-30,32-35,37,48H,10,17-18H2,1-9H3,(H,45,51)/b14-13+/t21-,22+,23+,24+,25-,29+,30-,32-,33+,34+,35?,37+,40-/m1/s1. The minimum Gasteiger partial charge on any atom is -0.453 e. The lowest BCUT2D eigenvalue weighted by Crippen LogP contribution is -2.60. The van der Waals surface area contributed by atoms with E-state index in [-0.39, 0.29) is 18.8 Å². The summed E-state index contributed by atoms with van der Waals surface area (Å²) in [6.07, 6.45) is -2.37. The molecule has 2 aromatic rings. The molecule has 3 aliphatic heterocycles. The maximum Gasteiger partial charge on any atom is 0.408 e. The zero-order valence-corrected chi connectivity index (χ0v) is 33.4. The van der Waals surface area contributed by atoms with Crippen molar-refractivity contribution < 1.29 is 56.7 Å². The van der Waals surface area contributed by atoms with Gasteiger partial charge in [0.25, 0.3) is 0 Å². The van der Waals surface area contributed by atoms with Crippen molar-refractivity contribution in [3.8, 4) is 0 Å². The molecule has 1 aromatic heterocycles. The molecular weight excluding hydrogens is 732 g/mol. The van der Waals surface area contributed by atoms with Crippen LogP contribution in [0.5, 0.6) is 0 Å². The zero-order valence-electron chi connectivity index (χ0n) is 33.4. The van der Waals surface area contributed by atoms with Crippen LogP contribution in [0.25, 0.3) is 17.0 Å². The van der Waals surface area contributed by atoms with E-state index < -0.39 is 102 Å². The summed E-state index contributed by atoms with van der Waals surface area (Å²) in [6, 6.07) is 8.05. The number of para-hydroxylation sites is 1. The van der Waals surface area contributed by atoms with Crippen LogP contribution in [0.15, 0.2) is 42.6 Å². The van der Waals surface area contributed by atoms with Gasteiger partial charge < -0.3 is 39.0 Å². The van der Waals surface area contributed by atoms with Crippen LogP contribution in [0.1, 0.15) is 66.9 Å². The molecule has 13 atom stereocenters. The number of ether oxygens (including phenoxy) is 5. The van der Waals surface area contributed by atoms with Crippen LogP contribution in [0.2, 0.25) is 0 Å². The summed E-state index contributed by atoms with van der Waals surface area (Å²) in [4.78, 5) is 60.7. The molecule has 0 aliphatic carbocycles. The van der Waals surface area contributed by atoms with E-state index in [2.05, 4.69) is 10.3 Å². The van der Waals surface area contributed by atoms with Crippen LogP contribution in [-0.4, -0.2) is 120 Å². The summed E-state index contributed by atoms with van der Waals surface area (Å²) in [5.41, 5.74) is -0.134. The number of benzene rings is 1. The van der Waals surface area contributed by atoms with Crippen molar-refractivity contribution in [1.29, 1.82) is 0 Å². The number of alkyl halides is 2. The number of ketones is 2. The van der Waals surface area contributed by atoms with E-state index in [0.717, 1.165) is 16.5 Å². The molecule has 2 N–H and O–H groups in total. The molecule has 15 heteroatoms. The molecule has 0 bridgehead atoms. The van der Waals surface area contributed by atoms with E-state index in [0.29, 0.717) is 6.42 Å². The summed E-state index contributed by atoms with van der Waals surface area (Å²) in [5, 5.41) is 15.0. The number of carbonyl (C=O) groups is 4. The Morgan fingerprint density at radius 1 is 1.04 bits per heavy atom. The van der Waals surface area contributed by atoms with E-state index in [1.54, 1.807) is 72.0 Å². The summed E-state index contributed by atoms with van der Waals surface area (Å²) in [7, 11) is 3.55. The number of nitrogens with zero attached hydrogens (tertiary/aromatic N) is 2. The molecule has 1 unspecified atom stereocenters. The second kappa shape index (κ2) is 17.3. The van der Waals surface area contributed by atoms with Crippen LogP contribution < -0.4 is 5.32 Å². The molecule has 5 rings (SSSR count). The van der Waals surface area contributed by atoms with Gasteiger partial charge in [0.05, 0.1) is 36.5 Å². The number of carbonyl (C=O) groups excluding carboxylic acids is 4. The Hall–Kier alpha value is -3.89. The smallest absolute Gasteiger partial charge is 0.408 e. The number of Topliss-reactive ketones (excluding diaryl/α,β-unsaturated/α-hetero) is 2. The Balaban J connectivity index is 1.57. The molecule has 0 radical (unpaired) electrons. The van der Waals surface area contributed by atoms with E-state index in [4.69, 9.17) is 23.7 Å². The van der Waals surface area contributed by atoms with E-state index >= 15 is 8.78 Å². The third-order valence-electron chi connectivity index (χ3n) is 11.7. The van der Waals surface area contributed by atoms with Crippen molar-refractivity contribution in [2.45, 2.75) is 122 Å². The number of rotatable bonds is 8. The van der Waals surface area contributed by atoms with Gasteiger partial charge in [-0.3, -0.25) is 14.6 Å². The summed E-state index contributed by atoms with van der Waals surface area (Å²) < 4.78 is 61.9. The first-order valence-electron chi connectivity index (χ1n) is 19.3. The minimum absolute atomic E-state index is 0.0490. The number of aliphatic hydroxyl groups excluding tert-OH is 1. The highest BCUT2D eigenvalue weighted by molar-refractivity contribution is 6.06. The molecule has 3 fully saturated rings. The van der Waals surface area contributed by atoms with Gasteiger partial charge in [-0.15, -0.1) is 0 Å². The third-order valence-corrected chi connectivity index (χ3v) is 11.7. The second-order valence-corrected chi connectivity index (χ2v) is 15.9. The van der Waals surface area contributed by atoms with Gasteiger partial charge in [0.1, 0.15) is 18.0 Å². The van der Waals surface area contributed by atoms with E-state index in [9.17, 15) is 24.3 Å². The van der Waals surface area contributed by atoms with Gasteiger partial charge in [0, 0.05) is 41.3 Å². The lowest BCUT2D eigenvalue weighted by atomic mass is 9.74. The number of likely N-dealkylation sites (N-methyl/N-ethyl adjacent to an activating group) is 1. The molecule has 3 saturated heterocycles. The summed E-state index contributed by atoms with van der Waals surface area (Å²) >= 11 is 0. The summed E-state index contributed by atoms with van der Waals surface area (Å²) in [6.45, 7) is 10.7. The maximum absolute atomic E-state index is 16.1. The van der Waals surface area contributed by atoms with Crippen molar-refractivity contribution in [2.75, 3.05) is 20.7 Å². The van der Waals surface area contributed by atoms with Crippen molar-refractivity contribution in [3.63, 3.8) is 0 Å². The quantitative estimate of drug-likeness (QED) is 0.274. The fourth-order valence-corrected chi connectivity index (χ4v) is 8.51. The lowest BCUT2D eigenvalue weighted by Gasteiger charge is -2.45. The minimum atomic E-state index is -4.66. The van der Waals surface area contributed by atoms with Crippen molar-refractivity contribution >= 4 is 40.6 Å². The number of cyclic esters (lactones) is 1. The maximum atomic E-state index is 16.1. The van der Waals surface area contributed by atoms with Gasteiger partial charge in [-0.05, 0) is 58.5 Å². The first kappa shape index (κ1) is 43.2. The highest BCUT2D eigenvalue weighted by Gasteiger charge is 2.60. The normalized spacial score (nSPS) is 37.2. The number of nitrogens with one attached hydrogen (secondary N) is 1. The Labute approximate surface area is 326 Å². The highest BCUT2D eigenvalue weighted by Crippen LogP contribution is 2.40. The number of esters is 1. The predicted octanol–water partition coefficient (Wildman–Crippen LogP) is 4.96. The van der Waals surface area contributed by atoms with Gasteiger partial charge in [0.2, 0.25) is 5.78 Å². The fraction of sp³-hybridized carbons (Fsp3) is 0.634. The van der Waals surface area contributed by atoms with Crippen LogP contribution in [-0.2, 0) is 38.1 Å². The molecule has 1 aromatic carbocycles. The number of fused-ring (bicyclic) bond motifs is 2. The molecule has 3 aliphatic rings. The topological polar surface area (TPSA) is 163 Å². The van der Waals surface area contributed by atoms with E-state index in [1.165, 1.54) is 13.8 Å². The SMILES string of the molecule is CC[C@H]1OC(=O)C(F)(F)C(=O)[C@H](C)[C@@H](O[C@@H]2O[C@H](C)C[C@H](N(C)C)[C@H]2O)[C@@H](C)[C@@H](OC/C=C/c2cnc3ccccc3c2)[C@@H](C)C(=O)[C@H](C)C2NC(=O)O[C@@]21C. The van der Waals surface area contributed by atoms with Gasteiger partial charge >= 0.3 is 18.0 Å². The van der Waals surface area contributed by atoms with Crippen molar-refractivity contribution in [3.05, 3.63) is 48.2 Å². The summed E-state index contributed by atoms with van der Waals surface area (Å²) in [5.74, 6) is -13.6. The lowest BCUT2D eigenvalue weighted by molar-refractivity contribution is -0.282. The number of halogens is 2. The predicted molar refractivity (Wildman–Crippen MR) is 201 cm³/mol. The molecule has 13 nitrogen and oxygen atoms in total. The molecule has 4 heterocycles. The number of amides is 1. The zero-order chi connectivity index (χ0) is 41.3. The van der Waals surface area contributed by atoms with Gasteiger partial charge in [-0.2, -0.15) is 8.78 Å². The van der Waals surface area contributed by atoms with Crippen molar-refractivity contribution in [2.24, 2.45) is 23.7 Å². The van der Waals surface area contributed by atoms with Crippen LogP contribution in [0.4, 0.5) is 13.6 Å². The van der Waals surface area contributed by atoms with E-state index in [1.807, 2.05) is 30.3 Å². The number of alkyl carbamates (subject to hydrolysis) is 1. The first-order valence-corrected chi connectivity index (χ1v) is 19.3. The number of hydrogen-bond donors (Lipinski definition) is 2. The van der Waals surface area contributed by atoms with Crippen LogP contribution >= 0.6 is 0 Å². The largest absolute Gasteiger partial charge is 0.453 e. The Bertz CT molecular complexity index is 1790. The molecule has 0 spiro atoms. The third kappa shape index (κ3) is 8.66. The number of hydrogen-bond acceptors (Lipinski definition) is 12. The number of aliphatic hydroxyl groups is 1. The molecule has 1 amide bonds. The van der Waals surface area contributed by atoms with Gasteiger partial charge in [-0.25, -0.2) is 9.59 Å². The molecule has 56 heavy (non-hydrogen) atoms. The second-order valence-electron chi connectivity index (χ2n) is 15.9. The molecular formula is C41H55F2N3O10. The Morgan fingerprint density at radius 2 is 1.73 bits per heavy atom. The van der Waals surface area contributed by atoms with Crippen LogP contribution in [0, 0.1) is 23.7 Å². The average molecular weight is 788 g/mol. The van der Waals surface area contributed by atoms with Gasteiger partial charge in [0.15, 0.2) is 11.9 Å². The first-order chi connectivity index (χ1) is 26.3. The molecule has 308 valence electrons. The fourth-order valence-electron chi connectivity index (χ4n) is 8.51. The van der Waals surface area contributed by atoms with Crippen LogP contribution in [0.3, 0.4) is 0 Å². The number of pyridine rings is 1. The number of aromatic nitrogens is 1. The monoisotopic (exact) mass is 787 g/mol. The Kier molecular flexibility index (Phi) is 13.4.